The van der Waals surface area contributed by atoms with Gasteiger partial charge in [-0.05, 0) is 61.7 Å². The minimum atomic E-state index is 0.0250. The van der Waals surface area contributed by atoms with Gasteiger partial charge in [-0.1, -0.05) is 23.2 Å². The molecule has 0 saturated carbocycles. The van der Waals surface area contributed by atoms with Crippen LogP contribution >= 0.6 is 23.2 Å². The highest BCUT2D eigenvalue weighted by Crippen LogP contribution is 2.31. The summed E-state index contributed by atoms with van der Waals surface area (Å²) in [5.41, 5.74) is 2.61. The summed E-state index contributed by atoms with van der Waals surface area (Å²) in [6, 6.07) is 9.43. The number of piperidine rings is 1. The molecule has 0 aliphatic carbocycles. The van der Waals surface area contributed by atoms with Gasteiger partial charge in [-0.25, -0.2) is 15.0 Å². The molecule has 0 spiro atoms. The highest BCUT2D eigenvalue weighted by atomic mass is 35.5. The van der Waals surface area contributed by atoms with Crippen molar-refractivity contribution in [1.82, 2.24) is 30.1 Å². The molecule has 2 aliphatic rings. The number of halogens is 2. The van der Waals surface area contributed by atoms with Gasteiger partial charge in [0.05, 0.1) is 24.7 Å². The molecule has 2 saturated heterocycles. The van der Waals surface area contributed by atoms with Crippen LogP contribution in [0.2, 0.25) is 10.0 Å². The van der Waals surface area contributed by atoms with E-state index in [2.05, 4.69) is 36.1 Å². The number of amides is 1. The van der Waals surface area contributed by atoms with Crippen LogP contribution < -0.4 is 15.0 Å². The largest absolute Gasteiger partial charge is 0.436 e. The average Bonchev–Trinajstić information content (AvgIpc) is 3.00. The fraction of sp³-hybridized carbons (Fsp3) is 0.484. The summed E-state index contributed by atoms with van der Waals surface area (Å²) in [7, 11) is 1.73. The first kappa shape index (κ1) is 31.4. The van der Waals surface area contributed by atoms with Crippen molar-refractivity contribution in [3.8, 4) is 22.9 Å². The number of piperazine rings is 1. The molecule has 2 fully saturated rings. The molecule has 4 heterocycles. The predicted molar refractivity (Wildman–Crippen MR) is 169 cm³/mol. The van der Waals surface area contributed by atoms with Crippen molar-refractivity contribution in [1.29, 1.82) is 0 Å². The molecule has 12 heteroatoms. The van der Waals surface area contributed by atoms with Crippen LogP contribution in [0.15, 0.2) is 42.7 Å². The van der Waals surface area contributed by atoms with Gasteiger partial charge >= 0.3 is 0 Å². The highest BCUT2D eigenvalue weighted by Gasteiger charge is 2.21. The molecule has 2 aliphatic heterocycles. The molecule has 0 radical (unpaired) electrons. The fourth-order valence-electron chi connectivity index (χ4n) is 5.49. The number of aromatic nitrogens is 3. The van der Waals surface area contributed by atoms with Crippen LogP contribution in [-0.4, -0.2) is 96.7 Å². The van der Waals surface area contributed by atoms with E-state index in [1.54, 1.807) is 32.5 Å². The maximum absolute atomic E-state index is 11.3. The zero-order chi connectivity index (χ0) is 30.2. The quantitative estimate of drug-likeness (QED) is 0.323. The van der Waals surface area contributed by atoms with Gasteiger partial charge in [-0.2, -0.15) is 0 Å². The Morgan fingerprint density at radius 1 is 0.953 bits per heavy atom. The number of ether oxygens (including phenoxy) is 2. The minimum absolute atomic E-state index is 0.0250. The fourth-order valence-corrected chi connectivity index (χ4v) is 6.01. The molecule has 0 bridgehead atoms. The smallest absolute Gasteiger partial charge is 0.225 e. The van der Waals surface area contributed by atoms with Crippen LogP contribution in [0.5, 0.6) is 11.6 Å². The molecule has 230 valence electrons. The first-order valence-electron chi connectivity index (χ1n) is 14.7. The van der Waals surface area contributed by atoms with Crippen molar-refractivity contribution < 1.29 is 14.3 Å². The summed E-state index contributed by atoms with van der Waals surface area (Å²) in [5, 5.41) is 4.04. The molecular weight excluding hydrogens is 589 g/mol. The number of nitrogens with zero attached hydrogens (tertiary/aromatic N) is 6. The maximum atomic E-state index is 11.3. The third-order valence-electron chi connectivity index (χ3n) is 7.88. The van der Waals surface area contributed by atoms with Gasteiger partial charge in [-0.15, -0.1) is 0 Å². The van der Waals surface area contributed by atoms with E-state index in [4.69, 9.17) is 37.7 Å². The summed E-state index contributed by atoms with van der Waals surface area (Å²) >= 11 is 12.7. The maximum Gasteiger partial charge on any atom is 0.225 e. The van der Waals surface area contributed by atoms with Crippen molar-refractivity contribution in [3.05, 3.63) is 58.3 Å². The molecule has 5 rings (SSSR count). The molecule has 0 atom stereocenters. The summed E-state index contributed by atoms with van der Waals surface area (Å²) in [5.74, 6) is 2.19. The van der Waals surface area contributed by atoms with Gasteiger partial charge in [0.1, 0.15) is 0 Å². The number of carbonyl (C=O) groups excluding carboxylic acids is 1. The van der Waals surface area contributed by atoms with E-state index in [0.717, 1.165) is 95.2 Å². The second kappa shape index (κ2) is 15.1. The van der Waals surface area contributed by atoms with Gasteiger partial charge < -0.3 is 19.7 Å². The molecule has 2 aromatic heterocycles. The van der Waals surface area contributed by atoms with Crippen molar-refractivity contribution in [2.45, 2.75) is 26.3 Å². The zero-order valence-electron chi connectivity index (χ0n) is 24.8. The molecule has 1 amide bonds. The summed E-state index contributed by atoms with van der Waals surface area (Å²) in [6.45, 7) is 10.3. The van der Waals surface area contributed by atoms with E-state index in [-0.39, 0.29) is 5.91 Å². The number of benzene rings is 1. The lowest BCUT2D eigenvalue weighted by Crippen LogP contribution is -2.47. The zero-order valence-corrected chi connectivity index (χ0v) is 26.3. The van der Waals surface area contributed by atoms with E-state index in [1.165, 1.54) is 0 Å². The normalized spacial score (nSPS) is 16.8. The SMILES string of the molecule is COCCN1CCN(c2ncc(Oc3cc(CN4CCC(CNC(C)=O)CC4)cc(-c4cc(Cl)cc(Cl)c4)n3)cn2)CC1. The lowest BCUT2D eigenvalue weighted by atomic mass is 9.96. The molecular formula is C31H39Cl2N7O3. The summed E-state index contributed by atoms with van der Waals surface area (Å²) < 4.78 is 11.4. The van der Waals surface area contributed by atoms with E-state index in [1.807, 2.05) is 18.2 Å². The Labute approximate surface area is 263 Å². The number of likely N-dealkylation sites (tertiary alicyclic amines) is 1. The average molecular weight is 629 g/mol. The van der Waals surface area contributed by atoms with Crippen molar-refractivity contribution in [2.24, 2.45) is 5.92 Å². The van der Waals surface area contributed by atoms with Gasteiger partial charge in [0.2, 0.25) is 17.7 Å². The number of carbonyl (C=O) groups is 1. The highest BCUT2D eigenvalue weighted by molar-refractivity contribution is 6.35. The van der Waals surface area contributed by atoms with E-state index >= 15 is 0 Å². The molecule has 43 heavy (non-hydrogen) atoms. The number of rotatable bonds is 11. The Bertz CT molecular complexity index is 1340. The van der Waals surface area contributed by atoms with Crippen LogP contribution in [0.3, 0.4) is 0 Å². The second-order valence-electron chi connectivity index (χ2n) is 11.2. The van der Waals surface area contributed by atoms with Gasteiger partial charge in [0.25, 0.3) is 0 Å². The van der Waals surface area contributed by atoms with E-state index in [9.17, 15) is 4.79 Å². The lowest BCUT2D eigenvalue weighted by Gasteiger charge is -2.34. The Balaban J connectivity index is 1.28. The summed E-state index contributed by atoms with van der Waals surface area (Å²) in [6.07, 6.45) is 5.47. The van der Waals surface area contributed by atoms with Gasteiger partial charge in [0, 0.05) is 81.5 Å². The van der Waals surface area contributed by atoms with Gasteiger partial charge in [0.15, 0.2) is 5.75 Å². The van der Waals surface area contributed by atoms with Gasteiger partial charge in [-0.3, -0.25) is 14.6 Å². The standard InChI is InChI=1S/C31H39Cl2N7O3/c1-22(41)34-18-23-3-5-39(6-4-23)21-24-13-29(25-15-26(32)17-27(33)16-25)37-30(14-24)43-28-19-35-31(36-20-28)40-9-7-38(8-10-40)11-12-42-2/h13-17,19-20,23H,3-12,18,21H2,1-2H3,(H,34,41). The number of hydrogen-bond acceptors (Lipinski definition) is 9. The van der Waals surface area contributed by atoms with Crippen molar-refractivity contribution in [3.63, 3.8) is 0 Å². The molecule has 0 unspecified atom stereocenters. The Morgan fingerprint density at radius 2 is 1.65 bits per heavy atom. The lowest BCUT2D eigenvalue weighted by molar-refractivity contribution is -0.119. The molecule has 1 aromatic carbocycles. The van der Waals surface area contributed by atoms with E-state index in [0.29, 0.717) is 33.5 Å². The first-order chi connectivity index (χ1) is 20.8. The molecule has 1 N–H and O–H groups in total. The van der Waals surface area contributed by atoms with E-state index < -0.39 is 0 Å². The third-order valence-corrected chi connectivity index (χ3v) is 8.31. The predicted octanol–water partition coefficient (Wildman–Crippen LogP) is 4.75. The summed E-state index contributed by atoms with van der Waals surface area (Å²) in [4.78, 5) is 32.3. The topological polar surface area (TPSA) is 96.0 Å². The Hall–Kier alpha value is -3.02. The first-order valence-corrected chi connectivity index (χ1v) is 15.5. The number of methoxy groups -OCH3 is 1. The molecule has 10 nitrogen and oxygen atoms in total. The van der Waals surface area contributed by atoms with Crippen LogP contribution in [-0.2, 0) is 16.1 Å². The number of nitrogens with one attached hydrogen (secondary N) is 1. The van der Waals surface area contributed by atoms with Crippen LogP contribution in [0.25, 0.3) is 11.3 Å². The van der Waals surface area contributed by atoms with Crippen LogP contribution in [0, 0.1) is 5.92 Å². The van der Waals surface area contributed by atoms with Crippen LogP contribution in [0.1, 0.15) is 25.3 Å². The Kier molecular flexibility index (Phi) is 11.0. The van der Waals surface area contributed by atoms with Crippen molar-refractivity contribution in [2.75, 3.05) is 71.0 Å². The monoisotopic (exact) mass is 627 g/mol. The van der Waals surface area contributed by atoms with Crippen LogP contribution in [0.4, 0.5) is 5.95 Å². The molecule has 3 aromatic rings. The second-order valence-corrected chi connectivity index (χ2v) is 12.0. The number of anilines is 1. The minimum Gasteiger partial charge on any atom is -0.436 e. The Morgan fingerprint density at radius 3 is 2.30 bits per heavy atom. The number of hydrogen-bond donors (Lipinski definition) is 1. The third kappa shape index (κ3) is 9.23. The van der Waals surface area contributed by atoms with Crippen molar-refractivity contribution >= 4 is 35.1 Å². The number of pyridine rings is 1.